The molecule has 66 heavy (non-hydrogen) atoms. The van der Waals surface area contributed by atoms with Gasteiger partial charge in [0.1, 0.15) is 30.0 Å². The van der Waals surface area contributed by atoms with Gasteiger partial charge in [-0.2, -0.15) is 18.4 Å². The number of hydrogen-bond donors (Lipinski definition) is 2. The molecule has 14 nitrogen and oxygen atoms in total. The van der Waals surface area contributed by atoms with Crippen LogP contribution in [-0.2, 0) is 41.4 Å². The number of aromatic nitrogens is 1. The van der Waals surface area contributed by atoms with E-state index in [-0.39, 0.29) is 35.8 Å². The third-order valence-corrected chi connectivity index (χ3v) is 12.6. The maximum Gasteiger partial charge on any atom is 0.417 e. The molecular formula is C47H52F3N7O7S2. The number of carbonyl (C=O) groups excluding carboxylic acids is 4. The van der Waals surface area contributed by atoms with E-state index in [2.05, 4.69) is 15.6 Å². The number of halogens is 3. The Hall–Kier alpha value is -5.94. The number of ether oxygens (including phenoxy) is 3. The fourth-order valence-corrected chi connectivity index (χ4v) is 9.07. The van der Waals surface area contributed by atoms with Crippen molar-refractivity contribution in [3.63, 3.8) is 0 Å². The number of nitriles is 1. The number of nitrogens with one attached hydrogen (secondary N) is 2. The number of hydrogen-bond acceptors (Lipinski definition) is 11. The molecule has 0 spiro atoms. The first-order chi connectivity index (χ1) is 31.5. The lowest BCUT2D eigenvalue weighted by atomic mass is 10.0. The van der Waals surface area contributed by atoms with E-state index in [0.29, 0.717) is 70.0 Å². The van der Waals surface area contributed by atoms with Crippen LogP contribution in [0.25, 0.3) is 10.4 Å². The van der Waals surface area contributed by atoms with Gasteiger partial charge in [0.2, 0.25) is 17.7 Å². The fourth-order valence-electron chi connectivity index (χ4n) is 7.73. The number of unbranched alkanes of at least 4 members (excludes halogenated alkanes) is 1. The second-order valence-corrected chi connectivity index (χ2v) is 17.6. The Balaban J connectivity index is 0.822. The van der Waals surface area contributed by atoms with Gasteiger partial charge in [0.25, 0.3) is 5.91 Å². The molecule has 4 aromatic rings. The van der Waals surface area contributed by atoms with Gasteiger partial charge in [0.05, 0.1) is 45.6 Å². The van der Waals surface area contributed by atoms with Gasteiger partial charge in [0, 0.05) is 38.6 Å². The minimum Gasteiger partial charge on any atom is -0.494 e. The number of rotatable bonds is 20. The molecular weight excluding hydrogens is 896 g/mol. The summed E-state index contributed by atoms with van der Waals surface area (Å²) in [6.45, 7) is 9.01. The van der Waals surface area contributed by atoms with Crippen molar-refractivity contribution in [1.82, 2.24) is 20.5 Å². The van der Waals surface area contributed by atoms with E-state index in [1.807, 2.05) is 36.7 Å². The molecule has 2 N–H and O–H groups in total. The second kappa shape index (κ2) is 22.0. The normalized spacial score (nSPS) is 16.3. The maximum absolute atomic E-state index is 13.7. The molecule has 19 heteroatoms. The minimum atomic E-state index is -4.80. The SMILES string of the molecule is Cc1ncsc1-c1ccc(CNC(=O)[C@@H]2CCCN2C(=O)[C@H](C)NC(=O)COCCCOCCCCOc2ccc(N3C(=S)N(c4ccc(C#N)c(C(F)(F)F)c4)C(=O)C3(C)C)cc2)cc1. The number of carbonyl (C=O) groups is 4. The Morgan fingerprint density at radius 1 is 0.985 bits per heavy atom. The summed E-state index contributed by atoms with van der Waals surface area (Å²) in [6, 6.07) is 18.0. The predicted molar refractivity (Wildman–Crippen MR) is 247 cm³/mol. The van der Waals surface area contributed by atoms with Crippen molar-refractivity contribution in [2.45, 2.75) is 90.1 Å². The summed E-state index contributed by atoms with van der Waals surface area (Å²) in [7, 11) is 0. The predicted octanol–water partition coefficient (Wildman–Crippen LogP) is 7.32. The van der Waals surface area contributed by atoms with Crippen molar-refractivity contribution in [2.24, 2.45) is 0 Å². The number of amides is 4. The molecule has 350 valence electrons. The van der Waals surface area contributed by atoms with Crippen LogP contribution in [0.2, 0.25) is 0 Å². The molecule has 3 aromatic carbocycles. The van der Waals surface area contributed by atoms with Crippen LogP contribution < -0.4 is 25.2 Å². The van der Waals surface area contributed by atoms with Crippen molar-refractivity contribution in [1.29, 1.82) is 5.26 Å². The van der Waals surface area contributed by atoms with Crippen LogP contribution in [0.4, 0.5) is 24.5 Å². The van der Waals surface area contributed by atoms with E-state index in [4.69, 9.17) is 26.4 Å². The van der Waals surface area contributed by atoms with Gasteiger partial charge in [-0.25, -0.2) is 4.98 Å². The molecule has 0 saturated carbocycles. The van der Waals surface area contributed by atoms with E-state index in [0.717, 1.165) is 45.2 Å². The van der Waals surface area contributed by atoms with E-state index in [1.54, 1.807) is 67.3 Å². The number of nitrogens with zero attached hydrogens (tertiary/aromatic N) is 5. The molecule has 6 rings (SSSR count). The van der Waals surface area contributed by atoms with E-state index >= 15 is 0 Å². The molecule has 3 heterocycles. The zero-order valence-corrected chi connectivity index (χ0v) is 38.7. The first kappa shape index (κ1) is 49.5. The number of thiocarbonyl (C=S) groups is 1. The number of anilines is 2. The molecule has 2 saturated heterocycles. The zero-order chi connectivity index (χ0) is 47.6. The lowest BCUT2D eigenvalue weighted by Gasteiger charge is -2.29. The van der Waals surface area contributed by atoms with Gasteiger partial charge >= 0.3 is 6.18 Å². The molecule has 4 amide bonds. The largest absolute Gasteiger partial charge is 0.494 e. The Kier molecular flexibility index (Phi) is 16.5. The van der Waals surface area contributed by atoms with Crippen molar-refractivity contribution in [3.8, 4) is 22.3 Å². The van der Waals surface area contributed by atoms with Crippen LogP contribution in [0.1, 0.15) is 75.3 Å². The summed E-state index contributed by atoms with van der Waals surface area (Å²) >= 11 is 7.19. The summed E-state index contributed by atoms with van der Waals surface area (Å²) in [5.41, 5.74) is 2.35. The first-order valence-corrected chi connectivity index (χ1v) is 22.9. The van der Waals surface area contributed by atoms with Crippen LogP contribution in [0.15, 0.2) is 72.2 Å². The Labute approximate surface area is 391 Å². The van der Waals surface area contributed by atoms with Crippen LogP contribution in [0.3, 0.4) is 0 Å². The molecule has 2 atom stereocenters. The number of thiazole rings is 1. The third-order valence-electron chi connectivity index (χ3n) is 11.2. The second-order valence-electron chi connectivity index (χ2n) is 16.4. The lowest BCUT2D eigenvalue weighted by Crippen LogP contribution is -2.52. The zero-order valence-electron chi connectivity index (χ0n) is 37.1. The molecule has 0 aliphatic carbocycles. The summed E-state index contributed by atoms with van der Waals surface area (Å²) in [4.78, 5) is 62.0. The highest BCUT2D eigenvalue weighted by atomic mass is 32.1. The van der Waals surface area contributed by atoms with E-state index < -0.39 is 46.7 Å². The van der Waals surface area contributed by atoms with Crippen LogP contribution in [0.5, 0.6) is 5.75 Å². The number of benzene rings is 3. The quantitative estimate of drug-likeness (QED) is 0.0674. The topological polar surface area (TPSA) is 166 Å². The van der Waals surface area contributed by atoms with Crippen LogP contribution in [-0.4, -0.2) is 95.8 Å². The number of alkyl halides is 3. The van der Waals surface area contributed by atoms with Crippen LogP contribution >= 0.6 is 23.6 Å². The van der Waals surface area contributed by atoms with Gasteiger partial charge in [-0.1, -0.05) is 24.3 Å². The molecule has 0 unspecified atom stereocenters. The number of aryl methyl sites for hydroxylation is 1. The molecule has 2 fully saturated rings. The monoisotopic (exact) mass is 947 g/mol. The highest BCUT2D eigenvalue weighted by molar-refractivity contribution is 7.81. The van der Waals surface area contributed by atoms with Gasteiger partial charge in [-0.05, 0) is 126 Å². The third kappa shape index (κ3) is 11.9. The molecule has 1 aromatic heterocycles. The molecule has 0 radical (unpaired) electrons. The lowest BCUT2D eigenvalue weighted by molar-refractivity contribution is -0.141. The summed E-state index contributed by atoms with van der Waals surface area (Å²) in [5.74, 6) is -0.918. The van der Waals surface area contributed by atoms with Crippen molar-refractivity contribution < 1.29 is 46.6 Å². The average molecular weight is 948 g/mol. The van der Waals surface area contributed by atoms with E-state index in [9.17, 15) is 37.6 Å². The molecule has 2 aliphatic rings. The summed E-state index contributed by atoms with van der Waals surface area (Å²) in [6.07, 6.45) is -1.56. The maximum atomic E-state index is 13.7. The Bertz CT molecular complexity index is 2420. The van der Waals surface area contributed by atoms with Crippen molar-refractivity contribution in [3.05, 3.63) is 94.6 Å². The Morgan fingerprint density at radius 2 is 1.67 bits per heavy atom. The standard InChI is InChI=1S/C47H52F3N7O7S2/c1-30-41(66-29-53-30)33-12-10-32(11-13-33)27-52-42(59)39-9-7-20-55(39)43(60)31(2)54-40(58)28-63-23-8-22-62-21-5-6-24-64-37-18-16-35(17-19-37)57-45(65)56(44(61)46(57,3)4)36-15-14-34(26-51)38(25-36)47(48,49)50/h10-19,25,29,31,39H,5-9,20-24,27-28H2,1-4H3,(H,52,59)(H,54,58)/t31-,39-/m0/s1. The average Bonchev–Trinajstić information content (AvgIpc) is 4.00. The molecule has 2 aliphatic heterocycles. The first-order valence-electron chi connectivity index (χ1n) is 21.6. The number of likely N-dealkylation sites (tertiary alicyclic amines) is 1. The summed E-state index contributed by atoms with van der Waals surface area (Å²) < 4.78 is 58.1. The van der Waals surface area contributed by atoms with Crippen molar-refractivity contribution in [2.75, 3.05) is 49.4 Å². The Morgan fingerprint density at radius 3 is 2.35 bits per heavy atom. The van der Waals surface area contributed by atoms with Crippen molar-refractivity contribution >= 4 is 63.7 Å². The highest BCUT2D eigenvalue weighted by Gasteiger charge is 2.51. The molecule has 0 bridgehead atoms. The van der Waals surface area contributed by atoms with Gasteiger partial charge < -0.3 is 34.6 Å². The smallest absolute Gasteiger partial charge is 0.417 e. The van der Waals surface area contributed by atoms with Gasteiger partial charge in [0.15, 0.2) is 5.11 Å². The van der Waals surface area contributed by atoms with Gasteiger partial charge in [-0.3, -0.25) is 24.1 Å². The summed E-state index contributed by atoms with van der Waals surface area (Å²) in [5, 5.41) is 14.8. The fraction of sp³-hybridized carbons (Fsp3) is 0.426. The van der Waals surface area contributed by atoms with Crippen LogP contribution in [0, 0.1) is 18.3 Å². The minimum absolute atomic E-state index is 0.000167. The van der Waals surface area contributed by atoms with Gasteiger partial charge in [-0.15, -0.1) is 11.3 Å². The highest BCUT2D eigenvalue weighted by Crippen LogP contribution is 2.40. The van der Waals surface area contributed by atoms with E-state index in [1.165, 1.54) is 11.0 Å².